The summed E-state index contributed by atoms with van der Waals surface area (Å²) in [5.74, 6) is 0.626. The van der Waals surface area contributed by atoms with Gasteiger partial charge in [0.15, 0.2) is 0 Å². The van der Waals surface area contributed by atoms with E-state index in [4.69, 9.17) is 4.43 Å². The molecule has 0 unspecified atom stereocenters. The molecule has 3 aromatic rings. The Balaban J connectivity index is 2.00. The van der Waals surface area contributed by atoms with Gasteiger partial charge in [0.1, 0.15) is 0 Å². The minimum atomic E-state index is -3.73. The number of nitrogens with zero attached hydrogens (tertiary/aromatic N) is 1. The number of rotatable bonds is 9. The zero-order valence-corrected chi connectivity index (χ0v) is 23.2. The smallest absolute Gasteiger partial charge is 0.268 e. The Morgan fingerprint density at radius 3 is 2.06 bits per heavy atom. The average molecular weight is 496 g/mol. The molecule has 4 nitrogen and oxygen atoms in total. The number of para-hydroxylation sites is 1. The van der Waals surface area contributed by atoms with Gasteiger partial charge in [0, 0.05) is 17.1 Å². The second-order valence-electron chi connectivity index (χ2n) is 9.93. The van der Waals surface area contributed by atoms with Crippen LogP contribution in [-0.4, -0.2) is 20.7 Å². The third-order valence-corrected chi connectivity index (χ3v) is 14.5. The summed E-state index contributed by atoms with van der Waals surface area (Å²) in [6.07, 6.45) is 5.47. The third-order valence-electron chi connectivity index (χ3n) is 6.75. The van der Waals surface area contributed by atoms with Crippen molar-refractivity contribution in [2.45, 2.75) is 70.0 Å². The molecular formula is C28H37NO3SSi. The van der Waals surface area contributed by atoms with Crippen molar-refractivity contribution in [3.63, 3.8) is 0 Å². The lowest BCUT2D eigenvalue weighted by Gasteiger charge is -2.42. The number of fused-ring (bicyclic) bond motifs is 1. The van der Waals surface area contributed by atoms with Crippen LogP contribution >= 0.6 is 0 Å². The fourth-order valence-corrected chi connectivity index (χ4v) is 11.7. The Kier molecular flexibility index (Phi) is 7.63. The van der Waals surface area contributed by atoms with Crippen molar-refractivity contribution in [2.75, 3.05) is 0 Å². The van der Waals surface area contributed by atoms with Gasteiger partial charge in [0.2, 0.25) is 0 Å². The highest BCUT2D eigenvalue weighted by Gasteiger charge is 2.46. The molecule has 0 aliphatic rings. The first-order valence-corrected chi connectivity index (χ1v) is 15.5. The van der Waals surface area contributed by atoms with Crippen molar-refractivity contribution >= 4 is 35.3 Å². The number of hydrogen-bond acceptors (Lipinski definition) is 3. The van der Waals surface area contributed by atoms with Crippen molar-refractivity contribution in [1.82, 2.24) is 3.97 Å². The van der Waals surface area contributed by atoms with E-state index in [1.807, 2.05) is 55.5 Å². The molecule has 0 radical (unpaired) electrons. The molecule has 0 N–H and O–H groups in total. The van der Waals surface area contributed by atoms with Gasteiger partial charge in [-0.3, -0.25) is 0 Å². The van der Waals surface area contributed by atoms with Gasteiger partial charge in [-0.2, -0.15) is 0 Å². The van der Waals surface area contributed by atoms with Gasteiger partial charge in [-0.25, -0.2) is 12.4 Å². The molecule has 3 rings (SSSR count). The van der Waals surface area contributed by atoms with Gasteiger partial charge in [-0.15, -0.1) is 0 Å². The fraction of sp³-hybridized carbons (Fsp3) is 0.357. The van der Waals surface area contributed by atoms with Crippen LogP contribution in [0.25, 0.3) is 17.0 Å². The highest BCUT2D eigenvalue weighted by atomic mass is 32.2. The molecule has 0 amide bonds. The predicted octanol–water partition coefficient (Wildman–Crippen LogP) is 7.91. The monoisotopic (exact) mass is 495 g/mol. The van der Waals surface area contributed by atoms with Gasteiger partial charge in [-0.05, 0) is 53.9 Å². The minimum Gasteiger partial charge on any atom is -0.543 e. The van der Waals surface area contributed by atoms with Crippen molar-refractivity contribution in [3.8, 4) is 0 Å². The summed E-state index contributed by atoms with van der Waals surface area (Å²) in [7, 11) is -5.83. The second-order valence-corrected chi connectivity index (χ2v) is 17.1. The van der Waals surface area contributed by atoms with Crippen LogP contribution in [0.3, 0.4) is 0 Å². The maximum absolute atomic E-state index is 13.4. The van der Waals surface area contributed by atoms with Crippen molar-refractivity contribution in [2.24, 2.45) is 0 Å². The van der Waals surface area contributed by atoms with Crippen molar-refractivity contribution in [3.05, 3.63) is 84.3 Å². The highest BCUT2D eigenvalue weighted by molar-refractivity contribution is 7.90. The molecule has 0 fully saturated rings. The van der Waals surface area contributed by atoms with Crippen LogP contribution in [0.2, 0.25) is 16.6 Å². The quantitative estimate of drug-likeness (QED) is 0.172. The van der Waals surface area contributed by atoms with E-state index in [0.717, 1.165) is 16.5 Å². The summed E-state index contributed by atoms with van der Waals surface area (Å²) in [5.41, 5.74) is 3.80. The summed E-state index contributed by atoms with van der Waals surface area (Å²) in [4.78, 5) is 0.267. The molecule has 182 valence electrons. The number of hydrogen-bond donors (Lipinski definition) is 0. The van der Waals surface area contributed by atoms with E-state index in [1.54, 1.807) is 18.3 Å². The lowest BCUT2D eigenvalue weighted by molar-refractivity contribution is 0.389. The van der Waals surface area contributed by atoms with Crippen LogP contribution in [0, 0.1) is 6.92 Å². The number of benzene rings is 2. The van der Waals surface area contributed by atoms with Crippen molar-refractivity contribution in [1.29, 1.82) is 0 Å². The molecule has 34 heavy (non-hydrogen) atoms. The SMILES string of the molecule is C=C(/C=C/c1cn(S(=O)(=O)c2ccc(C)cc2)c2ccccc12)O[Si](C(C)C)(C(C)C)C(C)C. The first-order valence-electron chi connectivity index (χ1n) is 11.9. The topological polar surface area (TPSA) is 48.3 Å². The first-order chi connectivity index (χ1) is 15.9. The number of aromatic nitrogens is 1. The maximum atomic E-state index is 13.4. The normalized spacial score (nSPS) is 13.0. The molecule has 1 aromatic heterocycles. The Labute approximate surface area is 206 Å². The molecule has 2 aromatic carbocycles. The summed E-state index contributed by atoms with van der Waals surface area (Å²) >= 11 is 0. The van der Waals surface area contributed by atoms with Crippen LogP contribution in [0.1, 0.15) is 52.7 Å². The van der Waals surface area contributed by atoms with E-state index >= 15 is 0 Å². The third kappa shape index (κ3) is 4.79. The number of allylic oxidation sites excluding steroid dienone is 1. The molecule has 0 saturated carbocycles. The van der Waals surface area contributed by atoms with Gasteiger partial charge >= 0.3 is 0 Å². The lowest BCUT2D eigenvalue weighted by Crippen LogP contribution is -2.47. The summed E-state index contributed by atoms with van der Waals surface area (Å²) in [5, 5.41) is 0.863. The average Bonchev–Trinajstić information content (AvgIpc) is 3.15. The fourth-order valence-electron chi connectivity index (χ4n) is 5.13. The Bertz CT molecular complexity index is 1280. The van der Waals surface area contributed by atoms with Gasteiger partial charge in [0.05, 0.1) is 16.2 Å². The molecule has 0 spiro atoms. The molecule has 1 heterocycles. The predicted molar refractivity (Wildman–Crippen MR) is 146 cm³/mol. The molecule has 0 aliphatic carbocycles. The van der Waals surface area contributed by atoms with E-state index in [0.29, 0.717) is 27.9 Å². The van der Waals surface area contributed by atoms with Gasteiger partial charge in [-0.1, -0.05) is 84.0 Å². The van der Waals surface area contributed by atoms with Crippen LogP contribution in [-0.2, 0) is 14.4 Å². The lowest BCUT2D eigenvalue weighted by atomic mass is 10.1. The molecule has 0 aliphatic heterocycles. The first kappa shape index (κ1) is 26.0. The molecule has 0 saturated heterocycles. The summed E-state index contributed by atoms with van der Waals surface area (Å²) in [6.45, 7) is 19.6. The number of aryl methyl sites for hydroxylation is 1. The van der Waals surface area contributed by atoms with Crippen molar-refractivity contribution < 1.29 is 12.8 Å². The van der Waals surface area contributed by atoms with Gasteiger partial charge < -0.3 is 4.43 Å². The van der Waals surface area contributed by atoms with E-state index in [-0.39, 0.29) is 4.90 Å². The Morgan fingerprint density at radius 2 is 1.50 bits per heavy atom. The Hall–Kier alpha value is -2.57. The summed E-state index contributed by atoms with van der Waals surface area (Å²) < 4.78 is 34.9. The van der Waals surface area contributed by atoms with E-state index in [1.165, 1.54) is 3.97 Å². The Morgan fingerprint density at radius 1 is 0.941 bits per heavy atom. The zero-order chi connectivity index (χ0) is 25.3. The zero-order valence-electron chi connectivity index (χ0n) is 21.4. The largest absolute Gasteiger partial charge is 0.543 e. The van der Waals surface area contributed by atoms with Crippen LogP contribution in [0.4, 0.5) is 0 Å². The molecule has 6 heteroatoms. The molecular weight excluding hydrogens is 458 g/mol. The van der Waals surface area contributed by atoms with E-state index in [2.05, 4.69) is 48.1 Å². The minimum absolute atomic E-state index is 0.267. The second kappa shape index (κ2) is 9.96. The van der Waals surface area contributed by atoms with E-state index in [9.17, 15) is 8.42 Å². The van der Waals surface area contributed by atoms with Crippen LogP contribution in [0.5, 0.6) is 0 Å². The van der Waals surface area contributed by atoms with Crippen LogP contribution < -0.4 is 0 Å². The highest BCUT2D eigenvalue weighted by Crippen LogP contribution is 2.43. The van der Waals surface area contributed by atoms with E-state index < -0.39 is 18.3 Å². The van der Waals surface area contributed by atoms with Crippen LogP contribution in [0.15, 0.2) is 78.0 Å². The van der Waals surface area contributed by atoms with Gasteiger partial charge in [0.25, 0.3) is 18.3 Å². The summed E-state index contributed by atoms with van der Waals surface area (Å²) in [6, 6.07) is 14.5. The standard InChI is InChI=1S/C28H37NO3SSi/c1-20(2)34(21(3)4,22(5)6)32-24(8)15-16-25-19-29(28-12-10-9-11-27(25)28)33(30,31)26-17-13-23(7)14-18-26/h9-22H,8H2,1-7H3/b16-15+. The molecule has 0 bridgehead atoms. The maximum Gasteiger partial charge on any atom is 0.268 e. The molecule has 0 atom stereocenters.